The third-order valence-corrected chi connectivity index (χ3v) is 4.92. The monoisotopic (exact) mass is 437 g/mol. The molecule has 0 aliphatic carbocycles. The molecule has 2 N–H and O–H groups in total. The number of esters is 1. The number of fused-ring (bicyclic) bond motifs is 1. The number of hydrogen-bond acceptors (Lipinski definition) is 6. The Morgan fingerprint density at radius 2 is 1.84 bits per heavy atom. The number of nitrogens with one attached hydrogen (secondary N) is 2. The molecular weight excluding hydrogens is 410 g/mol. The highest BCUT2D eigenvalue weighted by Crippen LogP contribution is 2.25. The third-order valence-electron chi connectivity index (χ3n) is 4.92. The number of rotatable bonds is 7. The highest BCUT2D eigenvalue weighted by atomic mass is 16.5. The molecule has 0 bridgehead atoms. The van der Waals surface area contributed by atoms with Gasteiger partial charge in [0.15, 0.2) is 5.65 Å². The summed E-state index contributed by atoms with van der Waals surface area (Å²) in [5.74, 6) is -1.19. The molecule has 168 valence electrons. The first-order valence-corrected chi connectivity index (χ1v) is 10.4. The molecule has 0 aliphatic heterocycles. The maximum Gasteiger partial charge on any atom is 0.325 e. The molecule has 0 fully saturated rings. The van der Waals surface area contributed by atoms with Gasteiger partial charge in [-0.05, 0) is 44.0 Å². The fourth-order valence-electron chi connectivity index (χ4n) is 3.16. The number of amides is 2. The summed E-state index contributed by atoms with van der Waals surface area (Å²) in [6, 6.07) is 8.36. The van der Waals surface area contributed by atoms with Crippen molar-refractivity contribution in [1.82, 2.24) is 20.1 Å². The van der Waals surface area contributed by atoms with Gasteiger partial charge in [0, 0.05) is 23.0 Å². The first-order valence-electron chi connectivity index (χ1n) is 10.4. The van der Waals surface area contributed by atoms with Crippen LogP contribution in [0.1, 0.15) is 66.1 Å². The van der Waals surface area contributed by atoms with E-state index in [0.29, 0.717) is 27.8 Å². The van der Waals surface area contributed by atoms with Crippen LogP contribution in [-0.2, 0) is 9.53 Å². The van der Waals surface area contributed by atoms with Crippen molar-refractivity contribution in [2.24, 2.45) is 0 Å². The molecule has 0 atom stereocenters. The average molecular weight is 438 g/mol. The minimum absolute atomic E-state index is 0.0958. The zero-order valence-electron chi connectivity index (χ0n) is 18.8. The average Bonchev–Trinajstić information content (AvgIpc) is 3.20. The van der Waals surface area contributed by atoms with Gasteiger partial charge in [-0.1, -0.05) is 19.9 Å². The van der Waals surface area contributed by atoms with Gasteiger partial charge in [0.1, 0.15) is 6.54 Å². The summed E-state index contributed by atoms with van der Waals surface area (Å²) >= 11 is 0. The van der Waals surface area contributed by atoms with Crippen LogP contribution in [0.4, 0.5) is 5.69 Å². The Morgan fingerprint density at radius 3 is 2.50 bits per heavy atom. The Bertz CT molecular complexity index is 1170. The van der Waals surface area contributed by atoms with Crippen molar-refractivity contribution < 1.29 is 19.1 Å². The minimum Gasteiger partial charge on any atom is -0.468 e. The van der Waals surface area contributed by atoms with Crippen LogP contribution in [0.15, 0.2) is 36.5 Å². The highest BCUT2D eigenvalue weighted by molar-refractivity contribution is 6.12. The van der Waals surface area contributed by atoms with E-state index >= 15 is 0 Å². The molecule has 9 nitrogen and oxygen atoms in total. The Hall–Kier alpha value is -3.75. The molecular formula is C23H27N5O4. The molecule has 3 rings (SSSR count). The van der Waals surface area contributed by atoms with Gasteiger partial charge in [0.25, 0.3) is 11.8 Å². The normalized spacial score (nSPS) is 11.1. The summed E-state index contributed by atoms with van der Waals surface area (Å²) in [6.07, 6.45) is 1.65. The van der Waals surface area contributed by atoms with E-state index in [1.165, 1.54) is 7.11 Å². The van der Waals surface area contributed by atoms with Crippen molar-refractivity contribution in [3.05, 3.63) is 53.3 Å². The van der Waals surface area contributed by atoms with Crippen LogP contribution < -0.4 is 10.6 Å². The second-order valence-electron chi connectivity index (χ2n) is 7.96. The van der Waals surface area contributed by atoms with Gasteiger partial charge in [-0.25, -0.2) is 9.67 Å². The molecule has 9 heteroatoms. The lowest BCUT2D eigenvalue weighted by Crippen LogP contribution is -2.30. The lowest BCUT2D eigenvalue weighted by molar-refractivity contribution is -0.139. The van der Waals surface area contributed by atoms with Crippen LogP contribution in [0.3, 0.4) is 0 Å². The first-order chi connectivity index (χ1) is 15.2. The number of ether oxygens (including phenoxy) is 1. The summed E-state index contributed by atoms with van der Waals surface area (Å²) in [5, 5.41) is 10.4. The molecule has 0 unspecified atom stereocenters. The molecule has 0 saturated carbocycles. The van der Waals surface area contributed by atoms with Gasteiger partial charge in [0.05, 0.1) is 24.3 Å². The SMILES string of the molecule is COC(=O)CNC(=O)c1cccc(NC(=O)c2cc(C(C)C)nc3c2cnn3C(C)C)c1. The van der Waals surface area contributed by atoms with Crippen molar-refractivity contribution in [3.63, 3.8) is 0 Å². The number of hydrogen-bond donors (Lipinski definition) is 2. The second-order valence-corrected chi connectivity index (χ2v) is 7.96. The molecule has 3 aromatic rings. The van der Waals surface area contributed by atoms with Gasteiger partial charge >= 0.3 is 5.97 Å². The number of methoxy groups -OCH3 is 1. The van der Waals surface area contributed by atoms with Crippen LogP contribution in [0.25, 0.3) is 11.0 Å². The number of aromatic nitrogens is 3. The fourth-order valence-corrected chi connectivity index (χ4v) is 3.16. The van der Waals surface area contributed by atoms with Crippen LogP contribution in [0, 0.1) is 0 Å². The second kappa shape index (κ2) is 9.59. The predicted molar refractivity (Wildman–Crippen MR) is 121 cm³/mol. The lowest BCUT2D eigenvalue weighted by Gasteiger charge is -2.13. The predicted octanol–water partition coefficient (Wildman–Crippen LogP) is 3.29. The van der Waals surface area contributed by atoms with Crippen molar-refractivity contribution in [2.75, 3.05) is 19.0 Å². The van der Waals surface area contributed by atoms with E-state index in [0.717, 1.165) is 5.69 Å². The van der Waals surface area contributed by atoms with Crippen LogP contribution in [0.5, 0.6) is 0 Å². The van der Waals surface area contributed by atoms with E-state index in [1.807, 2.05) is 27.7 Å². The van der Waals surface area contributed by atoms with Gasteiger partial charge in [-0.3, -0.25) is 14.4 Å². The van der Waals surface area contributed by atoms with Crippen LogP contribution in [0.2, 0.25) is 0 Å². The largest absolute Gasteiger partial charge is 0.468 e. The highest BCUT2D eigenvalue weighted by Gasteiger charge is 2.19. The van der Waals surface area contributed by atoms with Crippen LogP contribution in [-0.4, -0.2) is 46.2 Å². The molecule has 2 amide bonds. The zero-order valence-corrected chi connectivity index (χ0v) is 18.8. The van der Waals surface area contributed by atoms with Crippen molar-refractivity contribution in [2.45, 2.75) is 39.7 Å². The zero-order chi connectivity index (χ0) is 23.4. The van der Waals surface area contributed by atoms with E-state index in [4.69, 9.17) is 4.98 Å². The maximum atomic E-state index is 13.2. The fraction of sp³-hybridized carbons (Fsp3) is 0.348. The number of nitrogens with zero attached hydrogens (tertiary/aromatic N) is 3. The lowest BCUT2D eigenvalue weighted by atomic mass is 10.0. The number of benzene rings is 1. The van der Waals surface area contributed by atoms with E-state index in [-0.39, 0.29) is 24.4 Å². The molecule has 1 aromatic carbocycles. The number of carbonyl (C=O) groups excluding carboxylic acids is 3. The Labute approximate surface area is 186 Å². The molecule has 0 saturated heterocycles. The summed E-state index contributed by atoms with van der Waals surface area (Å²) in [4.78, 5) is 41.4. The smallest absolute Gasteiger partial charge is 0.325 e. The van der Waals surface area contributed by atoms with E-state index in [1.54, 1.807) is 41.2 Å². The Balaban J connectivity index is 1.89. The Kier molecular flexibility index (Phi) is 6.87. The van der Waals surface area contributed by atoms with E-state index in [2.05, 4.69) is 20.5 Å². The minimum atomic E-state index is -0.549. The van der Waals surface area contributed by atoms with Crippen molar-refractivity contribution in [1.29, 1.82) is 0 Å². The van der Waals surface area contributed by atoms with Gasteiger partial charge < -0.3 is 15.4 Å². The molecule has 2 heterocycles. The number of anilines is 1. The molecule has 32 heavy (non-hydrogen) atoms. The van der Waals surface area contributed by atoms with Gasteiger partial charge in [-0.2, -0.15) is 5.10 Å². The third kappa shape index (κ3) is 4.93. The standard InChI is InChI=1S/C23H27N5O4/c1-13(2)19-10-17(18-11-25-28(14(3)4)21(18)27-19)23(31)26-16-8-6-7-15(9-16)22(30)24-12-20(29)32-5/h6-11,13-14H,12H2,1-5H3,(H,24,30)(H,26,31). The molecule has 0 aliphatic rings. The first kappa shape index (κ1) is 22.9. The van der Waals surface area contributed by atoms with Crippen LogP contribution >= 0.6 is 0 Å². The topological polar surface area (TPSA) is 115 Å². The van der Waals surface area contributed by atoms with Crippen molar-refractivity contribution >= 4 is 34.5 Å². The van der Waals surface area contributed by atoms with Crippen molar-refractivity contribution in [3.8, 4) is 0 Å². The molecule has 2 aromatic heterocycles. The summed E-state index contributed by atoms with van der Waals surface area (Å²) in [5.41, 5.74) is 2.68. The summed E-state index contributed by atoms with van der Waals surface area (Å²) < 4.78 is 6.31. The number of carbonyl (C=O) groups is 3. The Morgan fingerprint density at radius 1 is 1.09 bits per heavy atom. The summed E-state index contributed by atoms with van der Waals surface area (Å²) in [6.45, 7) is 7.81. The van der Waals surface area contributed by atoms with E-state index in [9.17, 15) is 14.4 Å². The molecule has 0 radical (unpaired) electrons. The quantitative estimate of drug-likeness (QED) is 0.548. The van der Waals surface area contributed by atoms with Gasteiger partial charge in [-0.15, -0.1) is 0 Å². The maximum absolute atomic E-state index is 13.2. The molecule has 0 spiro atoms. The summed E-state index contributed by atoms with van der Waals surface area (Å²) in [7, 11) is 1.25. The number of pyridine rings is 1. The van der Waals surface area contributed by atoms with Gasteiger partial charge in [0.2, 0.25) is 0 Å². The van der Waals surface area contributed by atoms with E-state index < -0.39 is 11.9 Å².